The molecule has 2 aromatic carbocycles. The maximum Gasteiger partial charge on any atom is 0.122 e. The second-order valence-corrected chi connectivity index (χ2v) is 4.46. The van der Waals surface area contributed by atoms with E-state index in [2.05, 4.69) is 38.1 Å². The zero-order valence-corrected chi connectivity index (χ0v) is 10.8. The third-order valence-corrected chi connectivity index (χ3v) is 3.02. The molecule has 0 spiro atoms. The van der Waals surface area contributed by atoms with Crippen LogP contribution in [-0.4, -0.2) is 14.2 Å². The summed E-state index contributed by atoms with van der Waals surface area (Å²) in [5, 5.41) is 2.36. The number of fused-ring (bicyclic) bond motifs is 1. The molecule has 2 nitrogen and oxygen atoms in total. The summed E-state index contributed by atoms with van der Waals surface area (Å²) < 4.78 is 10.7. The molecule has 0 bridgehead atoms. The van der Waals surface area contributed by atoms with E-state index < -0.39 is 0 Å². The molecule has 0 amide bonds. The van der Waals surface area contributed by atoms with E-state index in [1.165, 1.54) is 16.3 Å². The van der Waals surface area contributed by atoms with Crippen molar-refractivity contribution in [3.8, 4) is 11.5 Å². The van der Waals surface area contributed by atoms with Gasteiger partial charge < -0.3 is 9.47 Å². The number of hydrogen-bond donors (Lipinski definition) is 0. The summed E-state index contributed by atoms with van der Waals surface area (Å²) in [6.07, 6.45) is 0. The molecule has 90 valence electrons. The molecule has 0 fully saturated rings. The third kappa shape index (κ3) is 2.21. The SMILES string of the molecule is COc1ccc2cc(OC)c(C(C)C)cc2c1. The maximum atomic E-state index is 5.44. The molecule has 2 aromatic rings. The van der Waals surface area contributed by atoms with Crippen LogP contribution in [0.3, 0.4) is 0 Å². The molecule has 2 heteroatoms. The largest absolute Gasteiger partial charge is 0.497 e. The highest BCUT2D eigenvalue weighted by Crippen LogP contribution is 2.32. The van der Waals surface area contributed by atoms with Crippen LogP contribution in [0.25, 0.3) is 10.8 Å². The molecular weight excluding hydrogens is 212 g/mol. The van der Waals surface area contributed by atoms with Crippen LogP contribution in [0, 0.1) is 0 Å². The normalized spacial score (nSPS) is 10.9. The number of methoxy groups -OCH3 is 2. The fourth-order valence-electron chi connectivity index (χ4n) is 2.03. The van der Waals surface area contributed by atoms with Crippen LogP contribution in [0.15, 0.2) is 30.3 Å². The molecule has 0 heterocycles. The van der Waals surface area contributed by atoms with E-state index in [0.717, 1.165) is 11.5 Å². The van der Waals surface area contributed by atoms with Crippen LogP contribution in [0.1, 0.15) is 25.3 Å². The van der Waals surface area contributed by atoms with Gasteiger partial charge in [0.25, 0.3) is 0 Å². The molecule has 0 atom stereocenters. The Morgan fingerprint density at radius 2 is 1.65 bits per heavy atom. The Hall–Kier alpha value is -1.70. The summed E-state index contributed by atoms with van der Waals surface area (Å²) in [4.78, 5) is 0. The van der Waals surface area contributed by atoms with Crippen molar-refractivity contribution in [3.05, 3.63) is 35.9 Å². The van der Waals surface area contributed by atoms with E-state index in [-0.39, 0.29) is 0 Å². The molecule has 0 aromatic heterocycles. The lowest BCUT2D eigenvalue weighted by molar-refractivity contribution is 0.408. The Labute approximate surface area is 102 Å². The lowest BCUT2D eigenvalue weighted by Crippen LogP contribution is -1.94. The number of hydrogen-bond acceptors (Lipinski definition) is 2. The second-order valence-electron chi connectivity index (χ2n) is 4.46. The van der Waals surface area contributed by atoms with Gasteiger partial charge in [-0.2, -0.15) is 0 Å². The fourth-order valence-corrected chi connectivity index (χ4v) is 2.03. The standard InChI is InChI=1S/C15H18O2/c1-10(2)14-8-12-7-13(16-3)6-5-11(12)9-15(14)17-4/h5-10H,1-4H3. The highest BCUT2D eigenvalue weighted by molar-refractivity contribution is 5.86. The van der Waals surface area contributed by atoms with E-state index in [0.29, 0.717) is 5.92 Å². The molecule has 0 unspecified atom stereocenters. The number of benzene rings is 2. The van der Waals surface area contributed by atoms with Crippen LogP contribution in [-0.2, 0) is 0 Å². The van der Waals surface area contributed by atoms with Crippen molar-refractivity contribution in [3.63, 3.8) is 0 Å². The van der Waals surface area contributed by atoms with Crippen molar-refractivity contribution in [2.75, 3.05) is 14.2 Å². The predicted octanol–water partition coefficient (Wildman–Crippen LogP) is 3.98. The minimum atomic E-state index is 0.445. The van der Waals surface area contributed by atoms with Crippen LogP contribution in [0.2, 0.25) is 0 Å². The monoisotopic (exact) mass is 230 g/mol. The number of rotatable bonds is 3. The quantitative estimate of drug-likeness (QED) is 0.794. The van der Waals surface area contributed by atoms with Gasteiger partial charge in [-0.25, -0.2) is 0 Å². The topological polar surface area (TPSA) is 18.5 Å². The van der Waals surface area contributed by atoms with Crippen molar-refractivity contribution in [1.29, 1.82) is 0 Å². The summed E-state index contributed by atoms with van der Waals surface area (Å²) in [6, 6.07) is 10.4. The average Bonchev–Trinajstić information content (AvgIpc) is 2.36. The summed E-state index contributed by atoms with van der Waals surface area (Å²) in [5.41, 5.74) is 1.23. The van der Waals surface area contributed by atoms with Gasteiger partial charge in [0.1, 0.15) is 11.5 Å². The van der Waals surface area contributed by atoms with Gasteiger partial charge >= 0.3 is 0 Å². The lowest BCUT2D eigenvalue weighted by atomic mass is 9.98. The molecule has 17 heavy (non-hydrogen) atoms. The average molecular weight is 230 g/mol. The Kier molecular flexibility index (Phi) is 3.23. The third-order valence-electron chi connectivity index (χ3n) is 3.02. The van der Waals surface area contributed by atoms with E-state index in [1.807, 2.05) is 6.07 Å². The zero-order valence-electron chi connectivity index (χ0n) is 10.8. The van der Waals surface area contributed by atoms with Gasteiger partial charge in [0.05, 0.1) is 14.2 Å². The molecule has 0 aliphatic heterocycles. The van der Waals surface area contributed by atoms with Crippen molar-refractivity contribution in [2.24, 2.45) is 0 Å². The van der Waals surface area contributed by atoms with Gasteiger partial charge in [0.2, 0.25) is 0 Å². The van der Waals surface area contributed by atoms with Gasteiger partial charge in [-0.1, -0.05) is 19.9 Å². The molecule has 0 saturated carbocycles. The highest BCUT2D eigenvalue weighted by atomic mass is 16.5. The molecule has 0 radical (unpaired) electrons. The molecule has 0 saturated heterocycles. The zero-order chi connectivity index (χ0) is 12.4. The van der Waals surface area contributed by atoms with E-state index >= 15 is 0 Å². The summed E-state index contributed by atoms with van der Waals surface area (Å²) in [6.45, 7) is 4.34. The van der Waals surface area contributed by atoms with E-state index in [1.54, 1.807) is 14.2 Å². The van der Waals surface area contributed by atoms with Gasteiger partial charge in [-0.05, 0) is 46.5 Å². The first-order valence-corrected chi connectivity index (χ1v) is 5.81. The van der Waals surface area contributed by atoms with Crippen LogP contribution < -0.4 is 9.47 Å². The Morgan fingerprint density at radius 3 is 2.24 bits per heavy atom. The van der Waals surface area contributed by atoms with Crippen LogP contribution >= 0.6 is 0 Å². The van der Waals surface area contributed by atoms with Gasteiger partial charge in [0, 0.05) is 0 Å². The van der Waals surface area contributed by atoms with Crippen molar-refractivity contribution in [2.45, 2.75) is 19.8 Å². The van der Waals surface area contributed by atoms with Crippen molar-refractivity contribution >= 4 is 10.8 Å². The summed E-state index contributed by atoms with van der Waals surface area (Å²) in [5.74, 6) is 2.29. The first-order chi connectivity index (χ1) is 8.15. The molecule has 2 rings (SSSR count). The Bertz CT molecular complexity index is 530. The second kappa shape index (κ2) is 4.66. The Balaban J connectivity index is 2.65. The Morgan fingerprint density at radius 1 is 0.882 bits per heavy atom. The minimum Gasteiger partial charge on any atom is -0.497 e. The van der Waals surface area contributed by atoms with Gasteiger partial charge in [0.15, 0.2) is 0 Å². The fraction of sp³-hybridized carbons (Fsp3) is 0.333. The lowest BCUT2D eigenvalue weighted by Gasteiger charge is -2.13. The maximum absolute atomic E-state index is 5.44. The van der Waals surface area contributed by atoms with E-state index in [4.69, 9.17) is 9.47 Å². The summed E-state index contributed by atoms with van der Waals surface area (Å²) >= 11 is 0. The molecule has 0 aliphatic rings. The summed E-state index contributed by atoms with van der Waals surface area (Å²) in [7, 11) is 3.41. The van der Waals surface area contributed by atoms with Crippen LogP contribution in [0.4, 0.5) is 0 Å². The predicted molar refractivity (Wildman–Crippen MR) is 71.1 cm³/mol. The van der Waals surface area contributed by atoms with Crippen molar-refractivity contribution in [1.82, 2.24) is 0 Å². The van der Waals surface area contributed by atoms with E-state index in [9.17, 15) is 0 Å². The molecule has 0 N–H and O–H groups in total. The smallest absolute Gasteiger partial charge is 0.122 e. The number of ether oxygens (including phenoxy) is 2. The van der Waals surface area contributed by atoms with Crippen LogP contribution in [0.5, 0.6) is 11.5 Å². The highest BCUT2D eigenvalue weighted by Gasteiger charge is 2.09. The van der Waals surface area contributed by atoms with Gasteiger partial charge in [-0.3, -0.25) is 0 Å². The van der Waals surface area contributed by atoms with Crippen molar-refractivity contribution < 1.29 is 9.47 Å². The first-order valence-electron chi connectivity index (χ1n) is 5.81. The molecule has 0 aliphatic carbocycles. The molecular formula is C15H18O2. The first kappa shape index (κ1) is 11.8. The van der Waals surface area contributed by atoms with Gasteiger partial charge in [-0.15, -0.1) is 0 Å². The minimum absolute atomic E-state index is 0.445.